The number of aryl methyl sites for hydroxylation is 3. The number of ether oxygens (including phenoxy) is 1. The molecule has 5 nitrogen and oxygen atoms in total. The van der Waals surface area contributed by atoms with Crippen LogP contribution < -0.4 is 10.1 Å². The molecule has 1 heterocycles. The summed E-state index contributed by atoms with van der Waals surface area (Å²) >= 11 is 1.46. The minimum Gasteiger partial charge on any atom is -0.494 e. The van der Waals surface area contributed by atoms with Gasteiger partial charge in [0.05, 0.1) is 17.9 Å². The first-order valence-electron chi connectivity index (χ1n) is 12.2. The van der Waals surface area contributed by atoms with E-state index < -0.39 is 5.97 Å². The Labute approximate surface area is 212 Å². The third-order valence-corrected chi connectivity index (χ3v) is 7.11. The summed E-state index contributed by atoms with van der Waals surface area (Å²) in [5.41, 5.74) is 6.28. The average Bonchev–Trinajstić information content (AvgIpc) is 3.27. The molecule has 0 unspecified atom stereocenters. The highest BCUT2D eigenvalue weighted by atomic mass is 32.1. The molecule has 2 aromatic carbocycles. The number of carbonyl (C=O) groups is 2. The van der Waals surface area contributed by atoms with Crippen LogP contribution in [-0.4, -0.2) is 30.1 Å². The first-order chi connectivity index (χ1) is 16.7. The molecule has 0 saturated heterocycles. The summed E-state index contributed by atoms with van der Waals surface area (Å²) < 4.78 is 6.05. The molecule has 35 heavy (non-hydrogen) atoms. The Bertz CT molecular complexity index is 1120. The van der Waals surface area contributed by atoms with Crippen molar-refractivity contribution in [3.05, 3.63) is 75.0 Å². The lowest BCUT2D eigenvalue weighted by Gasteiger charge is -2.15. The number of carboxylic acids is 1. The van der Waals surface area contributed by atoms with Gasteiger partial charge in [0.1, 0.15) is 5.75 Å². The molecule has 3 rings (SSSR count). The minimum absolute atomic E-state index is 0.0723. The first-order valence-corrected chi connectivity index (χ1v) is 13.0. The van der Waals surface area contributed by atoms with Gasteiger partial charge in [-0.15, -0.1) is 11.3 Å². The standard InChI is InChI=1S/C29H35NO4S/c1-19(2)22-8-10-23(11-9-22)28-20(3)17-24(18-21(28)4)34-16-6-5-7-25-12-13-26(35-25)29(33)30-15-14-27(31)32/h8-13,17-19H,5-7,14-16H2,1-4H3,(H,30,33)(H,31,32). The molecule has 2 N–H and O–H groups in total. The summed E-state index contributed by atoms with van der Waals surface area (Å²) in [5.74, 6) is 0.297. The van der Waals surface area contributed by atoms with Gasteiger partial charge in [0.15, 0.2) is 0 Å². The Morgan fingerprint density at radius 2 is 1.69 bits per heavy atom. The minimum atomic E-state index is -0.919. The van der Waals surface area contributed by atoms with Gasteiger partial charge in [-0.2, -0.15) is 0 Å². The molecule has 1 aromatic heterocycles. The zero-order chi connectivity index (χ0) is 25.4. The second-order valence-electron chi connectivity index (χ2n) is 9.18. The smallest absolute Gasteiger partial charge is 0.305 e. The van der Waals surface area contributed by atoms with Gasteiger partial charge >= 0.3 is 5.97 Å². The molecule has 3 aromatic rings. The van der Waals surface area contributed by atoms with Crippen LogP contribution in [0.4, 0.5) is 0 Å². The molecule has 0 spiro atoms. The van der Waals surface area contributed by atoms with Gasteiger partial charge < -0.3 is 15.2 Å². The number of carbonyl (C=O) groups excluding carboxylic acids is 1. The van der Waals surface area contributed by atoms with E-state index in [-0.39, 0.29) is 18.9 Å². The van der Waals surface area contributed by atoms with E-state index in [1.807, 2.05) is 6.07 Å². The molecule has 6 heteroatoms. The number of amides is 1. The van der Waals surface area contributed by atoms with Gasteiger partial charge in [0.2, 0.25) is 0 Å². The van der Waals surface area contributed by atoms with Gasteiger partial charge in [-0.3, -0.25) is 9.59 Å². The normalized spacial score (nSPS) is 11.0. The number of aliphatic carboxylic acids is 1. The second kappa shape index (κ2) is 12.5. The fraction of sp³-hybridized carbons (Fsp3) is 0.379. The zero-order valence-electron chi connectivity index (χ0n) is 21.0. The number of nitrogens with one attached hydrogen (secondary N) is 1. The van der Waals surface area contributed by atoms with Gasteiger partial charge in [0, 0.05) is 11.4 Å². The fourth-order valence-electron chi connectivity index (χ4n) is 4.09. The van der Waals surface area contributed by atoms with E-state index in [0.29, 0.717) is 17.4 Å². The molecular formula is C29H35NO4S. The Kier molecular flexibility index (Phi) is 9.49. The molecule has 0 aliphatic heterocycles. The van der Waals surface area contributed by atoms with E-state index in [0.717, 1.165) is 29.9 Å². The Morgan fingerprint density at radius 1 is 1.00 bits per heavy atom. The number of hydrogen-bond donors (Lipinski definition) is 2. The highest BCUT2D eigenvalue weighted by molar-refractivity contribution is 7.14. The predicted molar refractivity (Wildman–Crippen MR) is 143 cm³/mol. The van der Waals surface area contributed by atoms with E-state index >= 15 is 0 Å². The van der Waals surface area contributed by atoms with Crippen LogP contribution in [0.3, 0.4) is 0 Å². The van der Waals surface area contributed by atoms with Crippen molar-refractivity contribution in [2.45, 2.75) is 59.3 Å². The Morgan fingerprint density at radius 3 is 2.31 bits per heavy atom. The Hall–Kier alpha value is -3.12. The Balaban J connectivity index is 1.46. The van der Waals surface area contributed by atoms with Gasteiger partial charge in [-0.1, -0.05) is 38.1 Å². The summed E-state index contributed by atoms with van der Waals surface area (Å²) in [4.78, 5) is 24.4. The van der Waals surface area contributed by atoms with Crippen molar-refractivity contribution in [2.75, 3.05) is 13.2 Å². The number of benzene rings is 2. The maximum atomic E-state index is 12.1. The average molecular weight is 494 g/mol. The second-order valence-corrected chi connectivity index (χ2v) is 10.3. The number of carboxylic acid groups (broad SMARTS) is 1. The lowest BCUT2D eigenvalue weighted by molar-refractivity contribution is -0.136. The SMILES string of the molecule is Cc1cc(OCCCCc2ccc(C(=O)NCCC(=O)O)s2)cc(C)c1-c1ccc(C(C)C)cc1. The van der Waals surface area contributed by atoms with Crippen LogP contribution in [0.2, 0.25) is 0 Å². The first kappa shape index (κ1) is 26.5. The molecule has 0 aliphatic rings. The van der Waals surface area contributed by atoms with Crippen molar-refractivity contribution in [2.24, 2.45) is 0 Å². The summed E-state index contributed by atoms with van der Waals surface area (Å²) in [6, 6.07) is 16.9. The fourth-order valence-corrected chi connectivity index (χ4v) is 5.06. The number of thiophene rings is 1. The maximum Gasteiger partial charge on any atom is 0.305 e. The molecular weight excluding hydrogens is 458 g/mol. The molecule has 0 radical (unpaired) electrons. The van der Waals surface area contributed by atoms with E-state index in [1.54, 1.807) is 6.07 Å². The molecule has 0 saturated carbocycles. The van der Waals surface area contributed by atoms with Crippen LogP contribution in [0.15, 0.2) is 48.5 Å². The largest absolute Gasteiger partial charge is 0.494 e. The molecule has 186 valence electrons. The van der Waals surface area contributed by atoms with Crippen molar-refractivity contribution in [3.63, 3.8) is 0 Å². The molecule has 0 atom stereocenters. The number of rotatable bonds is 12. The monoisotopic (exact) mass is 493 g/mol. The molecule has 0 bridgehead atoms. The van der Waals surface area contributed by atoms with Crippen molar-refractivity contribution in [3.8, 4) is 16.9 Å². The van der Waals surface area contributed by atoms with Crippen molar-refractivity contribution in [1.82, 2.24) is 5.32 Å². The van der Waals surface area contributed by atoms with Gasteiger partial charge in [-0.25, -0.2) is 0 Å². The highest BCUT2D eigenvalue weighted by Crippen LogP contribution is 2.32. The summed E-state index contributed by atoms with van der Waals surface area (Å²) in [6.07, 6.45) is 2.71. The molecule has 0 fully saturated rings. The summed E-state index contributed by atoms with van der Waals surface area (Å²) in [5, 5.41) is 11.3. The van der Waals surface area contributed by atoms with Crippen molar-refractivity contribution >= 4 is 23.2 Å². The van der Waals surface area contributed by atoms with Crippen LogP contribution in [-0.2, 0) is 11.2 Å². The third-order valence-electron chi connectivity index (χ3n) is 5.97. The van der Waals surface area contributed by atoms with Gasteiger partial charge in [-0.05, 0) is 91.1 Å². The summed E-state index contributed by atoms with van der Waals surface area (Å²) in [6.45, 7) is 9.48. The highest BCUT2D eigenvalue weighted by Gasteiger charge is 2.11. The number of unbranched alkanes of at least 4 members (excludes halogenated alkanes) is 1. The van der Waals surface area contributed by atoms with E-state index in [9.17, 15) is 9.59 Å². The van der Waals surface area contributed by atoms with Crippen LogP contribution in [0.5, 0.6) is 5.75 Å². The van der Waals surface area contributed by atoms with E-state index in [1.165, 1.54) is 39.2 Å². The van der Waals surface area contributed by atoms with Crippen LogP contribution in [0, 0.1) is 13.8 Å². The zero-order valence-corrected chi connectivity index (χ0v) is 21.8. The van der Waals surface area contributed by atoms with E-state index in [2.05, 4.69) is 69.4 Å². The van der Waals surface area contributed by atoms with Crippen LogP contribution >= 0.6 is 11.3 Å². The predicted octanol–water partition coefficient (Wildman–Crippen LogP) is 6.76. The van der Waals surface area contributed by atoms with E-state index in [4.69, 9.17) is 9.84 Å². The third kappa shape index (κ3) is 7.69. The lowest BCUT2D eigenvalue weighted by atomic mass is 9.93. The quantitative estimate of drug-likeness (QED) is 0.273. The maximum absolute atomic E-state index is 12.1. The summed E-state index contributed by atoms with van der Waals surface area (Å²) in [7, 11) is 0. The molecule has 1 amide bonds. The van der Waals surface area contributed by atoms with Crippen LogP contribution in [0.25, 0.3) is 11.1 Å². The molecule has 0 aliphatic carbocycles. The van der Waals surface area contributed by atoms with Crippen molar-refractivity contribution in [1.29, 1.82) is 0 Å². The topological polar surface area (TPSA) is 75.6 Å². The van der Waals surface area contributed by atoms with Crippen molar-refractivity contribution < 1.29 is 19.4 Å². The lowest BCUT2D eigenvalue weighted by Crippen LogP contribution is -2.25. The number of hydrogen-bond acceptors (Lipinski definition) is 4. The van der Waals surface area contributed by atoms with Gasteiger partial charge in [0.25, 0.3) is 5.91 Å². The van der Waals surface area contributed by atoms with Crippen LogP contribution in [0.1, 0.15) is 70.3 Å².